The standard InChI is InChI=1S/C18H20ClNO2/c19-16-9-6-14(7-10-16)8-11-17(12-18(21)22)20-13-15-4-2-1-3-5-15/h1-7,9-10,17,20H,8,11-13H2,(H,21,22)/t17-/m0/s1. The van der Waals surface area contributed by atoms with Gasteiger partial charge in [0.2, 0.25) is 0 Å². The van der Waals surface area contributed by atoms with Crippen LogP contribution < -0.4 is 5.32 Å². The zero-order chi connectivity index (χ0) is 15.8. The van der Waals surface area contributed by atoms with E-state index < -0.39 is 5.97 Å². The number of aryl methyl sites for hydroxylation is 1. The lowest BCUT2D eigenvalue weighted by Gasteiger charge is -2.17. The van der Waals surface area contributed by atoms with Crippen LogP contribution in [0.1, 0.15) is 24.0 Å². The minimum atomic E-state index is -0.776. The molecule has 0 aliphatic heterocycles. The summed E-state index contributed by atoms with van der Waals surface area (Å²) in [4.78, 5) is 11.0. The summed E-state index contributed by atoms with van der Waals surface area (Å²) in [6.45, 7) is 0.680. The molecular formula is C18H20ClNO2. The molecule has 0 heterocycles. The van der Waals surface area contributed by atoms with Crippen molar-refractivity contribution >= 4 is 17.6 Å². The van der Waals surface area contributed by atoms with Crippen LogP contribution in [0.3, 0.4) is 0 Å². The minimum absolute atomic E-state index is 0.0478. The number of halogens is 1. The molecule has 0 fully saturated rings. The normalized spacial score (nSPS) is 12.0. The molecule has 0 spiro atoms. The fourth-order valence-corrected chi connectivity index (χ4v) is 2.46. The second-order valence-corrected chi connectivity index (χ2v) is 5.76. The topological polar surface area (TPSA) is 49.3 Å². The van der Waals surface area contributed by atoms with Crippen molar-refractivity contribution < 1.29 is 9.90 Å². The third-order valence-corrected chi connectivity index (χ3v) is 3.81. The zero-order valence-corrected chi connectivity index (χ0v) is 13.1. The number of rotatable bonds is 8. The Bertz CT molecular complexity index is 584. The maximum Gasteiger partial charge on any atom is 0.304 e. The van der Waals surface area contributed by atoms with Gasteiger partial charge in [-0.05, 0) is 36.1 Å². The van der Waals surface area contributed by atoms with E-state index in [1.165, 1.54) is 5.56 Å². The summed E-state index contributed by atoms with van der Waals surface area (Å²) in [5, 5.41) is 13.1. The molecule has 2 aromatic carbocycles. The molecule has 0 saturated carbocycles. The predicted octanol–water partition coefficient (Wildman–Crippen LogP) is 3.91. The van der Waals surface area contributed by atoms with Crippen LogP contribution in [0.4, 0.5) is 0 Å². The van der Waals surface area contributed by atoms with E-state index in [2.05, 4.69) is 5.32 Å². The Hall–Kier alpha value is -1.84. The summed E-state index contributed by atoms with van der Waals surface area (Å²) in [5.74, 6) is -0.776. The van der Waals surface area contributed by atoms with Gasteiger partial charge in [0, 0.05) is 17.6 Å². The van der Waals surface area contributed by atoms with Crippen LogP contribution in [0.2, 0.25) is 5.02 Å². The molecule has 0 aliphatic carbocycles. The highest BCUT2D eigenvalue weighted by atomic mass is 35.5. The lowest BCUT2D eigenvalue weighted by molar-refractivity contribution is -0.137. The van der Waals surface area contributed by atoms with Crippen LogP contribution in [0.5, 0.6) is 0 Å². The summed E-state index contributed by atoms with van der Waals surface area (Å²) >= 11 is 5.87. The van der Waals surface area contributed by atoms with E-state index in [1.54, 1.807) is 0 Å². The number of hydrogen-bond donors (Lipinski definition) is 2. The van der Waals surface area contributed by atoms with Gasteiger partial charge in [0.1, 0.15) is 0 Å². The van der Waals surface area contributed by atoms with E-state index in [1.807, 2.05) is 54.6 Å². The van der Waals surface area contributed by atoms with Crippen molar-refractivity contribution in [3.8, 4) is 0 Å². The Labute approximate surface area is 135 Å². The first kappa shape index (κ1) is 16.5. The smallest absolute Gasteiger partial charge is 0.304 e. The van der Waals surface area contributed by atoms with Gasteiger partial charge in [-0.2, -0.15) is 0 Å². The molecule has 2 aromatic rings. The molecule has 0 radical (unpaired) electrons. The highest BCUT2D eigenvalue weighted by Crippen LogP contribution is 2.13. The molecule has 116 valence electrons. The first-order chi connectivity index (χ1) is 10.6. The van der Waals surface area contributed by atoms with Crippen LogP contribution in [0.25, 0.3) is 0 Å². The quantitative estimate of drug-likeness (QED) is 0.776. The molecule has 2 N–H and O–H groups in total. The van der Waals surface area contributed by atoms with Gasteiger partial charge in [-0.25, -0.2) is 0 Å². The Morgan fingerprint density at radius 3 is 2.36 bits per heavy atom. The largest absolute Gasteiger partial charge is 0.481 e. The van der Waals surface area contributed by atoms with Crippen molar-refractivity contribution in [1.29, 1.82) is 0 Å². The van der Waals surface area contributed by atoms with E-state index in [9.17, 15) is 4.79 Å². The van der Waals surface area contributed by atoms with E-state index in [0.717, 1.165) is 18.4 Å². The third kappa shape index (κ3) is 5.88. The number of aliphatic carboxylic acids is 1. The Morgan fingerprint density at radius 2 is 1.73 bits per heavy atom. The Morgan fingerprint density at radius 1 is 1.05 bits per heavy atom. The van der Waals surface area contributed by atoms with E-state index in [4.69, 9.17) is 16.7 Å². The number of carboxylic acid groups (broad SMARTS) is 1. The SMILES string of the molecule is O=C(O)C[C@H](CCc1ccc(Cl)cc1)NCc1ccccc1. The number of carbonyl (C=O) groups is 1. The molecule has 3 nitrogen and oxygen atoms in total. The average Bonchev–Trinajstić information content (AvgIpc) is 2.52. The van der Waals surface area contributed by atoms with Crippen molar-refractivity contribution in [2.45, 2.75) is 31.8 Å². The van der Waals surface area contributed by atoms with Crippen molar-refractivity contribution in [3.63, 3.8) is 0 Å². The molecule has 1 atom stereocenters. The monoisotopic (exact) mass is 317 g/mol. The average molecular weight is 318 g/mol. The molecule has 0 amide bonds. The molecular weight excluding hydrogens is 298 g/mol. The van der Waals surface area contributed by atoms with Crippen molar-refractivity contribution in [3.05, 3.63) is 70.7 Å². The van der Waals surface area contributed by atoms with Gasteiger partial charge in [-0.1, -0.05) is 54.1 Å². The molecule has 0 saturated heterocycles. The van der Waals surface area contributed by atoms with Gasteiger partial charge in [-0.3, -0.25) is 4.79 Å². The summed E-state index contributed by atoms with van der Waals surface area (Å²) in [5.41, 5.74) is 2.32. The second kappa shape index (κ2) is 8.57. The van der Waals surface area contributed by atoms with Crippen LogP contribution in [0, 0.1) is 0 Å². The van der Waals surface area contributed by atoms with Gasteiger partial charge in [-0.15, -0.1) is 0 Å². The predicted molar refractivity (Wildman–Crippen MR) is 89.1 cm³/mol. The lowest BCUT2D eigenvalue weighted by Crippen LogP contribution is -2.31. The Balaban J connectivity index is 1.88. The summed E-state index contributed by atoms with van der Waals surface area (Å²) in [6, 6.07) is 17.6. The lowest BCUT2D eigenvalue weighted by atomic mass is 10.0. The zero-order valence-electron chi connectivity index (χ0n) is 12.3. The fourth-order valence-electron chi connectivity index (χ4n) is 2.34. The van der Waals surface area contributed by atoms with Crippen LogP contribution >= 0.6 is 11.6 Å². The number of hydrogen-bond acceptors (Lipinski definition) is 2. The summed E-state index contributed by atoms with van der Waals surface area (Å²) in [7, 11) is 0. The molecule has 2 rings (SSSR count). The number of nitrogens with one attached hydrogen (secondary N) is 1. The molecule has 4 heteroatoms. The van der Waals surface area contributed by atoms with E-state index in [0.29, 0.717) is 11.6 Å². The van der Waals surface area contributed by atoms with Gasteiger partial charge in [0.05, 0.1) is 6.42 Å². The second-order valence-electron chi connectivity index (χ2n) is 5.33. The molecule has 0 aliphatic rings. The molecule has 0 bridgehead atoms. The highest BCUT2D eigenvalue weighted by molar-refractivity contribution is 6.30. The van der Waals surface area contributed by atoms with Crippen molar-refractivity contribution in [1.82, 2.24) is 5.32 Å². The Kier molecular flexibility index (Phi) is 6.44. The maximum absolute atomic E-state index is 11.0. The van der Waals surface area contributed by atoms with Gasteiger partial charge in [0.25, 0.3) is 0 Å². The third-order valence-electron chi connectivity index (χ3n) is 3.55. The van der Waals surface area contributed by atoms with E-state index >= 15 is 0 Å². The number of benzene rings is 2. The van der Waals surface area contributed by atoms with Crippen molar-refractivity contribution in [2.24, 2.45) is 0 Å². The van der Waals surface area contributed by atoms with Gasteiger partial charge < -0.3 is 10.4 Å². The minimum Gasteiger partial charge on any atom is -0.481 e. The highest BCUT2D eigenvalue weighted by Gasteiger charge is 2.13. The number of carboxylic acids is 1. The molecule has 0 unspecified atom stereocenters. The summed E-state index contributed by atoms with van der Waals surface area (Å²) in [6.07, 6.45) is 1.73. The van der Waals surface area contributed by atoms with Gasteiger partial charge in [0.15, 0.2) is 0 Å². The first-order valence-electron chi connectivity index (χ1n) is 7.37. The fraction of sp³-hybridized carbons (Fsp3) is 0.278. The van der Waals surface area contributed by atoms with Crippen LogP contribution in [0.15, 0.2) is 54.6 Å². The molecule has 0 aromatic heterocycles. The first-order valence-corrected chi connectivity index (χ1v) is 7.75. The molecule has 22 heavy (non-hydrogen) atoms. The summed E-state index contributed by atoms with van der Waals surface area (Å²) < 4.78 is 0. The maximum atomic E-state index is 11.0. The van der Waals surface area contributed by atoms with Crippen LogP contribution in [-0.4, -0.2) is 17.1 Å². The van der Waals surface area contributed by atoms with Crippen molar-refractivity contribution in [2.75, 3.05) is 0 Å². The van der Waals surface area contributed by atoms with Crippen LogP contribution in [-0.2, 0) is 17.8 Å². The van der Waals surface area contributed by atoms with E-state index in [-0.39, 0.29) is 12.5 Å². The van der Waals surface area contributed by atoms with Gasteiger partial charge >= 0.3 is 5.97 Å².